The van der Waals surface area contributed by atoms with Gasteiger partial charge in [-0.15, -0.1) is 12.4 Å². The molecule has 4 atom stereocenters. The number of fused-ring (bicyclic) bond motifs is 2. The molecule has 146 valence electrons. The summed E-state index contributed by atoms with van der Waals surface area (Å²) in [6.45, 7) is 6.83. The van der Waals surface area contributed by atoms with Crippen LogP contribution in [0.1, 0.15) is 57.9 Å². The molecule has 2 aliphatic carbocycles. The first-order chi connectivity index (χ1) is 11.7. The highest BCUT2D eigenvalue weighted by Crippen LogP contribution is 2.52. The van der Waals surface area contributed by atoms with Crippen molar-refractivity contribution in [3.63, 3.8) is 0 Å². The second-order valence-corrected chi connectivity index (χ2v) is 9.42. The quantitative estimate of drug-likeness (QED) is 0.535. The van der Waals surface area contributed by atoms with Gasteiger partial charge in [-0.2, -0.15) is 0 Å². The normalized spacial score (nSPS) is 27.9. The highest BCUT2D eigenvalue weighted by Gasteiger charge is 2.42. The van der Waals surface area contributed by atoms with Crippen molar-refractivity contribution in [2.45, 2.75) is 52.4 Å². The molecule has 0 saturated heterocycles. The molecule has 2 bridgehead atoms. The molecule has 0 aromatic heterocycles. The number of hydrogen-bond acceptors (Lipinski definition) is 3. The zero-order valence-electron chi connectivity index (χ0n) is 16.8. The number of carbonyl (C=O) groups is 1. The molecule has 0 spiro atoms. The fraction of sp³-hybridized carbons (Fsp3) is 0.682. The third-order valence-electron chi connectivity index (χ3n) is 5.98. The Labute approximate surface area is 164 Å². The van der Waals surface area contributed by atoms with Crippen molar-refractivity contribution >= 4 is 18.4 Å². The molecular formula is C22H34ClNO2. The van der Waals surface area contributed by atoms with E-state index in [2.05, 4.69) is 31.1 Å². The summed E-state index contributed by atoms with van der Waals surface area (Å²) in [6, 6.07) is 8.30. The Morgan fingerprint density at radius 3 is 2.58 bits per heavy atom. The van der Waals surface area contributed by atoms with E-state index in [4.69, 9.17) is 4.74 Å². The molecule has 2 fully saturated rings. The summed E-state index contributed by atoms with van der Waals surface area (Å²) in [4.78, 5) is 14.5. The fourth-order valence-corrected chi connectivity index (χ4v) is 4.73. The Morgan fingerprint density at radius 2 is 1.92 bits per heavy atom. The number of rotatable bonds is 4. The second-order valence-electron chi connectivity index (χ2n) is 9.42. The Morgan fingerprint density at radius 1 is 1.19 bits per heavy atom. The van der Waals surface area contributed by atoms with Gasteiger partial charge in [-0.05, 0) is 95.5 Å². The lowest BCUT2D eigenvalue weighted by molar-refractivity contribution is -0.143. The lowest BCUT2D eigenvalue weighted by atomic mass is 9.69. The highest BCUT2D eigenvalue weighted by molar-refractivity contribution is 5.85. The maximum atomic E-state index is 12.2. The molecule has 2 saturated carbocycles. The number of nitrogens with zero attached hydrogens (tertiary/aromatic N) is 1. The number of benzene rings is 1. The molecule has 0 aliphatic heterocycles. The number of ether oxygens (including phenoxy) is 1. The van der Waals surface area contributed by atoms with E-state index in [1.165, 1.54) is 31.2 Å². The smallest absolute Gasteiger partial charge is 0.316 e. The van der Waals surface area contributed by atoms with E-state index in [1.54, 1.807) is 0 Å². The minimum Gasteiger partial charge on any atom is -0.426 e. The zero-order chi connectivity index (χ0) is 18.2. The summed E-state index contributed by atoms with van der Waals surface area (Å²) in [5.74, 6) is 3.56. The van der Waals surface area contributed by atoms with Crippen LogP contribution in [-0.4, -0.2) is 31.5 Å². The summed E-state index contributed by atoms with van der Waals surface area (Å²) < 4.78 is 5.65. The van der Waals surface area contributed by atoms with E-state index in [0.717, 1.165) is 18.4 Å². The van der Waals surface area contributed by atoms with Crippen LogP contribution in [0.3, 0.4) is 0 Å². The van der Waals surface area contributed by atoms with Crippen molar-refractivity contribution in [2.75, 3.05) is 20.6 Å². The van der Waals surface area contributed by atoms with Crippen LogP contribution in [0.4, 0.5) is 0 Å². The Bertz CT molecular complexity index is 623. The Balaban J connectivity index is 0.00000243. The predicted molar refractivity (Wildman–Crippen MR) is 109 cm³/mol. The van der Waals surface area contributed by atoms with E-state index in [-0.39, 0.29) is 18.4 Å². The van der Waals surface area contributed by atoms with Crippen molar-refractivity contribution in [2.24, 2.45) is 23.2 Å². The number of carbonyl (C=O) groups excluding carboxylic acids is 1. The maximum Gasteiger partial charge on any atom is 0.316 e. The maximum absolute atomic E-state index is 12.2. The molecule has 26 heavy (non-hydrogen) atoms. The minimum atomic E-state index is -0.479. The van der Waals surface area contributed by atoms with E-state index in [9.17, 15) is 4.79 Å². The number of esters is 1. The minimum absolute atomic E-state index is 0. The molecular weight excluding hydrogens is 346 g/mol. The molecule has 0 radical (unpaired) electrons. The van der Waals surface area contributed by atoms with E-state index < -0.39 is 5.41 Å². The largest absolute Gasteiger partial charge is 0.426 e. The molecule has 3 rings (SSSR count). The summed E-state index contributed by atoms with van der Waals surface area (Å²) in [7, 11) is 4.36. The molecule has 0 N–H and O–H groups in total. The molecule has 3 nitrogen and oxygen atoms in total. The van der Waals surface area contributed by atoms with Gasteiger partial charge in [0.2, 0.25) is 0 Å². The highest BCUT2D eigenvalue weighted by atomic mass is 35.5. The van der Waals surface area contributed by atoms with Crippen molar-refractivity contribution < 1.29 is 9.53 Å². The Kier molecular flexibility index (Phi) is 6.79. The molecule has 4 unspecified atom stereocenters. The standard InChI is InChI=1S/C22H33NO2.ClH/c1-22(2,3)21(24)25-18-8-6-7-16(13-18)19-12-15-9-10-17(11-15)20(19)14-23(4)5;/h6-8,13,15,17,19-20H,9-12,14H2,1-5H3;1H. The second kappa shape index (κ2) is 8.31. The first kappa shape index (κ1) is 21.2. The average molecular weight is 380 g/mol. The molecule has 0 heterocycles. The topological polar surface area (TPSA) is 29.5 Å². The van der Waals surface area contributed by atoms with Gasteiger partial charge in [0.15, 0.2) is 0 Å². The van der Waals surface area contributed by atoms with Gasteiger partial charge in [-0.25, -0.2) is 0 Å². The molecule has 2 aliphatic rings. The van der Waals surface area contributed by atoms with Crippen molar-refractivity contribution in [1.29, 1.82) is 0 Å². The van der Waals surface area contributed by atoms with Crippen LogP contribution >= 0.6 is 12.4 Å². The van der Waals surface area contributed by atoms with Crippen molar-refractivity contribution in [3.05, 3.63) is 29.8 Å². The van der Waals surface area contributed by atoms with Crippen LogP contribution in [0.15, 0.2) is 24.3 Å². The summed E-state index contributed by atoms with van der Waals surface area (Å²) >= 11 is 0. The molecule has 4 heteroatoms. The van der Waals surface area contributed by atoms with Crippen LogP contribution in [-0.2, 0) is 4.79 Å². The molecule has 0 amide bonds. The van der Waals surface area contributed by atoms with Crippen LogP contribution in [0, 0.1) is 23.2 Å². The third kappa shape index (κ3) is 4.80. The average Bonchev–Trinajstić information content (AvgIpc) is 2.92. The predicted octanol–water partition coefficient (Wildman–Crippen LogP) is 5.14. The lowest BCUT2D eigenvalue weighted by Crippen LogP contribution is -2.34. The summed E-state index contributed by atoms with van der Waals surface area (Å²) in [6.07, 6.45) is 5.47. The van der Waals surface area contributed by atoms with Gasteiger partial charge in [0, 0.05) is 6.54 Å². The first-order valence-corrected chi connectivity index (χ1v) is 9.71. The van der Waals surface area contributed by atoms with Crippen LogP contribution in [0.2, 0.25) is 0 Å². The third-order valence-corrected chi connectivity index (χ3v) is 5.98. The van der Waals surface area contributed by atoms with Gasteiger partial charge >= 0.3 is 5.97 Å². The summed E-state index contributed by atoms with van der Waals surface area (Å²) in [5.41, 5.74) is 0.871. The monoisotopic (exact) mass is 379 g/mol. The van der Waals surface area contributed by atoms with Crippen LogP contribution < -0.4 is 4.74 Å². The zero-order valence-corrected chi connectivity index (χ0v) is 17.6. The fourth-order valence-electron chi connectivity index (χ4n) is 4.73. The van der Waals surface area contributed by atoms with Gasteiger partial charge in [0.25, 0.3) is 0 Å². The SMILES string of the molecule is CN(C)CC1C2CCC(C2)CC1c1cccc(OC(=O)C(C)(C)C)c1.Cl. The number of halogens is 1. The van der Waals surface area contributed by atoms with Gasteiger partial charge in [-0.3, -0.25) is 4.79 Å². The van der Waals surface area contributed by atoms with Gasteiger partial charge in [0.1, 0.15) is 5.75 Å². The van der Waals surface area contributed by atoms with Gasteiger partial charge in [0.05, 0.1) is 5.41 Å². The van der Waals surface area contributed by atoms with E-state index in [1.807, 2.05) is 32.9 Å². The van der Waals surface area contributed by atoms with Crippen LogP contribution in [0.25, 0.3) is 0 Å². The van der Waals surface area contributed by atoms with E-state index >= 15 is 0 Å². The van der Waals surface area contributed by atoms with Crippen molar-refractivity contribution in [1.82, 2.24) is 4.90 Å². The van der Waals surface area contributed by atoms with Gasteiger partial charge in [-0.1, -0.05) is 18.6 Å². The van der Waals surface area contributed by atoms with E-state index in [0.29, 0.717) is 17.6 Å². The van der Waals surface area contributed by atoms with Gasteiger partial charge < -0.3 is 9.64 Å². The van der Waals surface area contributed by atoms with Crippen molar-refractivity contribution in [3.8, 4) is 5.75 Å². The molecule has 1 aromatic rings. The lowest BCUT2D eigenvalue weighted by Gasteiger charge is -2.38. The number of hydrogen-bond donors (Lipinski definition) is 0. The Hall–Kier alpha value is -1.06. The molecule has 1 aromatic carbocycles. The first-order valence-electron chi connectivity index (χ1n) is 9.71. The summed E-state index contributed by atoms with van der Waals surface area (Å²) in [5, 5.41) is 0. The van der Waals surface area contributed by atoms with Crippen LogP contribution in [0.5, 0.6) is 5.75 Å².